The number of hydrogen-bond donors (Lipinski definition) is 2. The first-order valence-corrected chi connectivity index (χ1v) is 7.92. The van der Waals surface area contributed by atoms with E-state index in [1.807, 2.05) is 19.9 Å². The van der Waals surface area contributed by atoms with Crippen molar-refractivity contribution in [2.45, 2.75) is 32.8 Å². The third kappa shape index (κ3) is 3.27. The van der Waals surface area contributed by atoms with Gasteiger partial charge in [0, 0.05) is 5.56 Å². The van der Waals surface area contributed by atoms with Gasteiger partial charge >= 0.3 is 0 Å². The van der Waals surface area contributed by atoms with Crippen molar-refractivity contribution in [1.29, 1.82) is 0 Å². The maximum Gasteiger partial charge on any atom is 0.170 e. The molecule has 24 heavy (non-hydrogen) atoms. The van der Waals surface area contributed by atoms with Gasteiger partial charge in [-0.2, -0.15) is 0 Å². The van der Waals surface area contributed by atoms with Gasteiger partial charge in [-0.15, -0.1) is 0 Å². The molecule has 0 saturated heterocycles. The van der Waals surface area contributed by atoms with Crippen molar-refractivity contribution < 1.29 is 19.7 Å². The number of ether oxygens (including phenoxy) is 1. The zero-order chi connectivity index (χ0) is 17.3. The summed E-state index contributed by atoms with van der Waals surface area (Å²) in [4.78, 5) is 12.5. The summed E-state index contributed by atoms with van der Waals surface area (Å²) in [5.41, 5.74) is 3.22. The molecule has 1 aliphatic rings. The molecule has 0 spiro atoms. The summed E-state index contributed by atoms with van der Waals surface area (Å²) in [6.07, 6.45) is 2.45. The van der Waals surface area contributed by atoms with Crippen LogP contribution in [0.3, 0.4) is 0 Å². The highest BCUT2D eigenvalue weighted by atomic mass is 16.5. The first-order chi connectivity index (χ1) is 11.4. The van der Waals surface area contributed by atoms with Crippen molar-refractivity contribution in [3.8, 4) is 17.2 Å². The zero-order valence-corrected chi connectivity index (χ0v) is 13.7. The Morgan fingerprint density at radius 1 is 1.17 bits per heavy atom. The first kappa shape index (κ1) is 16.1. The van der Waals surface area contributed by atoms with Crippen LogP contribution in [0.2, 0.25) is 0 Å². The minimum atomic E-state index is -0.388. The molecule has 4 heteroatoms. The molecule has 2 N–H and O–H groups in total. The maximum atomic E-state index is 12.5. The van der Waals surface area contributed by atoms with Gasteiger partial charge in [0.15, 0.2) is 5.78 Å². The van der Waals surface area contributed by atoms with E-state index in [0.717, 1.165) is 16.7 Å². The Morgan fingerprint density at radius 2 is 1.88 bits per heavy atom. The molecular weight excluding hydrogens is 304 g/mol. The van der Waals surface area contributed by atoms with Crippen LogP contribution in [0.1, 0.15) is 47.9 Å². The number of ketones is 1. The largest absolute Gasteiger partial charge is 0.508 e. The standard InChI is InChI=1S/C20H20O4/c1-12(2)3-4-14-9-16(22)10-17-18(23)11-19(24-20(14)17)13-5-7-15(21)8-6-13/h3,5-10,19,21-22H,4,11H2,1-2H3/t19-/m0/s1. The predicted octanol–water partition coefficient (Wildman–Crippen LogP) is 4.31. The molecule has 0 aliphatic carbocycles. The van der Waals surface area contributed by atoms with Crippen LogP contribution in [0.4, 0.5) is 0 Å². The maximum absolute atomic E-state index is 12.5. The number of phenols is 2. The number of phenolic OH excluding ortho intramolecular Hbond substituents is 2. The zero-order valence-electron chi connectivity index (χ0n) is 13.7. The third-order valence-corrected chi connectivity index (χ3v) is 4.08. The van der Waals surface area contributed by atoms with Crippen LogP contribution in [0.25, 0.3) is 0 Å². The van der Waals surface area contributed by atoms with Gasteiger partial charge in [-0.3, -0.25) is 4.79 Å². The molecule has 4 nitrogen and oxygen atoms in total. The molecular formula is C20H20O4. The lowest BCUT2D eigenvalue weighted by Gasteiger charge is -2.27. The number of rotatable bonds is 3. The molecule has 0 bridgehead atoms. The van der Waals surface area contributed by atoms with Crippen LogP contribution in [-0.4, -0.2) is 16.0 Å². The molecule has 0 amide bonds. The lowest BCUT2D eigenvalue weighted by Crippen LogP contribution is -2.21. The van der Waals surface area contributed by atoms with Gasteiger partial charge in [0.2, 0.25) is 0 Å². The average Bonchev–Trinajstić information content (AvgIpc) is 2.54. The highest BCUT2D eigenvalue weighted by molar-refractivity contribution is 6.00. The molecule has 1 atom stereocenters. The summed E-state index contributed by atoms with van der Waals surface area (Å²) in [5.74, 6) is 0.740. The first-order valence-electron chi connectivity index (χ1n) is 7.92. The van der Waals surface area contributed by atoms with Gasteiger partial charge in [-0.25, -0.2) is 0 Å². The Bertz CT molecular complexity index is 799. The highest BCUT2D eigenvalue weighted by Crippen LogP contribution is 2.40. The fourth-order valence-electron chi connectivity index (χ4n) is 2.82. The number of fused-ring (bicyclic) bond motifs is 1. The van der Waals surface area contributed by atoms with E-state index in [2.05, 4.69) is 0 Å². The fourth-order valence-corrected chi connectivity index (χ4v) is 2.82. The summed E-state index contributed by atoms with van der Waals surface area (Å²) in [6, 6.07) is 9.80. The third-order valence-electron chi connectivity index (χ3n) is 4.08. The van der Waals surface area contributed by atoms with Crippen LogP contribution >= 0.6 is 0 Å². The summed E-state index contributed by atoms with van der Waals surface area (Å²) in [5, 5.41) is 19.3. The number of benzene rings is 2. The second kappa shape index (κ2) is 6.40. The van der Waals surface area contributed by atoms with E-state index in [4.69, 9.17) is 4.74 Å². The Morgan fingerprint density at radius 3 is 2.54 bits per heavy atom. The van der Waals surface area contributed by atoms with Crippen LogP contribution in [0.15, 0.2) is 48.0 Å². The molecule has 2 aromatic rings. The number of hydrogen-bond acceptors (Lipinski definition) is 4. The topological polar surface area (TPSA) is 66.8 Å². The van der Waals surface area contributed by atoms with E-state index < -0.39 is 0 Å². The van der Waals surface area contributed by atoms with Gasteiger partial charge in [0.05, 0.1) is 12.0 Å². The summed E-state index contributed by atoms with van der Waals surface area (Å²) in [6.45, 7) is 4.00. The Hall–Kier alpha value is -2.75. The quantitative estimate of drug-likeness (QED) is 0.826. The number of aromatic hydroxyl groups is 2. The van der Waals surface area contributed by atoms with Gasteiger partial charge in [0.1, 0.15) is 23.4 Å². The van der Waals surface area contributed by atoms with Crippen LogP contribution < -0.4 is 4.74 Å². The molecule has 3 rings (SSSR count). The van der Waals surface area contributed by atoms with Crippen molar-refractivity contribution in [3.05, 3.63) is 64.7 Å². The smallest absolute Gasteiger partial charge is 0.170 e. The number of carbonyl (C=O) groups excluding carboxylic acids is 1. The lowest BCUT2D eigenvalue weighted by molar-refractivity contribution is 0.0847. The minimum absolute atomic E-state index is 0.0522. The molecule has 1 aliphatic heterocycles. The van der Waals surface area contributed by atoms with Gasteiger partial charge in [-0.05, 0) is 50.1 Å². The monoisotopic (exact) mass is 324 g/mol. The number of carbonyl (C=O) groups is 1. The van der Waals surface area contributed by atoms with E-state index in [0.29, 0.717) is 17.7 Å². The van der Waals surface area contributed by atoms with Crippen LogP contribution in [-0.2, 0) is 6.42 Å². The van der Waals surface area contributed by atoms with Gasteiger partial charge < -0.3 is 14.9 Å². The Balaban J connectivity index is 2.00. The molecule has 2 aromatic carbocycles. The predicted molar refractivity (Wildman–Crippen MR) is 91.7 cm³/mol. The van der Waals surface area contributed by atoms with E-state index in [1.54, 1.807) is 30.3 Å². The molecule has 124 valence electrons. The highest BCUT2D eigenvalue weighted by Gasteiger charge is 2.30. The summed E-state index contributed by atoms with van der Waals surface area (Å²) in [7, 11) is 0. The second-order valence-corrected chi connectivity index (χ2v) is 6.29. The van der Waals surface area contributed by atoms with Gasteiger partial charge in [0.25, 0.3) is 0 Å². The van der Waals surface area contributed by atoms with Crippen LogP contribution in [0, 0.1) is 0 Å². The molecule has 0 fully saturated rings. The molecule has 0 unspecified atom stereocenters. The summed E-state index contributed by atoms with van der Waals surface area (Å²) < 4.78 is 6.10. The number of Topliss-reactive ketones (excluding diaryl/α,β-unsaturated/α-hetero) is 1. The summed E-state index contributed by atoms with van der Waals surface area (Å²) >= 11 is 0. The van der Waals surface area contributed by atoms with Crippen molar-refractivity contribution >= 4 is 5.78 Å². The van der Waals surface area contributed by atoms with Crippen LogP contribution in [0.5, 0.6) is 17.2 Å². The van der Waals surface area contributed by atoms with Crippen molar-refractivity contribution in [3.63, 3.8) is 0 Å². The molecule has 0 aromatic heterocycles. The lowest BCUT2D eigenvalue weighted by atomic mass is 9.93. The molecule has 0 radical (unpaired) electrons. The normalized spacial score (nSPS) is 16.2. The average molecular weight is 324 g/mol. The van der Waals surface area contributed by atoms with E-state index in [9.17, 15) is 15.0 Å². The van der Waals surface area contributed by atoms with Crippen molar-refractivity contribution in [2.75, 3.05) is 0 Å². The fraction of sp³-hybridized carbons (Fsp3) is 0.250. The van der Waals surface area contributed by atoms with Crippen molar-refractivity contribution in [2.24, 2.45) is 0 Å². The second-order valence-electron chi connectivity index (χ2n) is 6.29. The van der Waals surface area contributed by atoms with E-state index in [-0.39, 0.29) is 29.8 Å². The minimum Gasteiger partial charge on any atom is -0.508 e. The molecule has 1 heterocycles. The van der Waals surface area contributed by atoms with Crippen molar-refractivity contribution in [1.82, 2.24) is 0 Å². The molecule has 0 saturated carbocycles. The van der Waals surface area contributed by atoms with Gasteiger partial charge in [-0.1, -0.05) is 23.8 Å². The van der Waals surface area contributed by atoms with E-state index in [1.165, 1.54) is 6.07 Å². The Kier molecular flexibility index (Phi) is 4.30. The van der Waals surface area contributed by atoms with E-state index >= 15 is 0 Å². The Labute approximate surface area is 141 Å². The number of allylic oxidation sites excluding steroid dienone is 2. The SMILES string of the molecule is CC(C)=CCc1cc(O)cc2c1O[C@H](c1ccc(O)cc1)CC2=O.